The lowest BCUT2D eigenvalue weighted by molar-refractivity contribution is 0.534. The Morgan fingerprint density at radius 2 is 2.10 bits per heavy atom. The van der Waals surface area contributed by atoms with Gasteiger partial charge in [0.15, 0.2) is 0 Å². The van der Waals surface area contributed by atoms with E-state index < -0.39 is 0 Å². The summed E-state index contributed by atoms with van der Waals surface area (Å²) in [5.74, 6) is 0.900. The molecule has 1 aromatic carbocycles. The zero-order valence-electron chi connectivity index (χ0n) is 12.1. The minimum Gasteiger partial charge on any atom is -0.383 e. The highest BCUT2D eigenvalue weighted by molar-refractivity contribution is 6.33. The van der Waals surface area contributed by atoms with E-state index >= 15 is 0 Å². The van der Waals surface area contributed by atoms with E-state index in [4.69, 9.17) is 17.3 Å². The van der Waals surface area contributed by atoms with Crippen LogP contribution in [0.1, 0.15) is 31.4 Å². The van der Waals surface area contributed by atoms with E-state index in [9.17, 15) is 4.39 Å². The molecule has 0 unspecified atom stereocenters. The third-order valence-electron chi connectivity index (χ3n) is 4.32. The summed E-state index contributed by atoms with van der Waals surface area (Å²) in [5.41, 5.74) is 8.75. The first-order chi connectivity index (χ1) is 10.1. The number of aromatic nitrogens is 2. The third kappa shape index (κ3) is 2.77. The zero-order valence-corrected chi connectivity index (χ0v) is 12.8. The standard InChI is InChI=1S/C16H19ClFN3/c1-21-16(19)15(12-7-6-11(18)9-13(12)17)14(20-21)8-10-4-2-3-5-10/h6-7,9-10H,2-5,8,19H2,1H3. The topological polar surface area (TPSA) is 43.8 Å². The quantitative estimate of drug-likeness (QED) is 0.923. The summed E-state index contributed by atoms with van der Waals surface area (Å²) >= 11 is 6.20. The molecule has 0 spiro atoms. The van der Waals surface area contributed by atoms with Gasteiger partial charge >= 0.3 is 0 Å². The van der Waals surface area contributed by atoms with Crippen LogP contribution in [0.15, 0.2) is 18.2 Å². The van der Waals surface area contributed by atoms with Crippen molar-refractivity contribution in [1.29, 1.82) is 0 Å². The Labute approximate surface area is 128 Å². The van der Waals surface area contributed by atoms with Crippen molar-refractivity contribution in [3.63, 3.8) is 0 Å². The largest absolute Gasteiger partial charge is 0.383 e. The molecule has 2 aromatic rings. The van der Waals surface area contributed by atoms with Gasteiger partial charge in [0.25, 0.3) is 0 Å². The molecule has 5 heteroatoms. The molecule has 1 saturated carbocycles. The van der Waals surface area contributed by atoms with E-state index in [1.165, 1.54) is 37.8 Å². The van der Waals surface area contributed by atoms with Crippen molar-refractivity contribution in [3.05, 3.63) is 34.7 Å². The van der Waals surface area contributed by atoms with Crippen LogP contribution in [0.5, 0.6) is 0 Å². The van der Waals surface area contributed by atoms with Crippen molar-refractivity contribution in [1.82, 2.24) is 9.78 Å². The lowest BCUT2D eigenvalue weighted by atomic mass is 9.96. The number of hydrogen-bond acceptors (Lipinski definition) is 2. The number of rotatable bonds is 3. The normalized spacial score (nSPS) is 15.8. The van der Waals surface area contributed by atoms with Crippen LogP contribution in [0, 0.1) is 11.7 Å². The summed E-state index contributed by atoms with van der Waals surface area (Å²) in [6, 6.07) is 4.42. The first-order valence-corrected chi connectivity index (χ1v) is 7.71. The van der Waals surface area contributed by atoms with Crippen molar-refractivity contribution < 1.29 is 4.39 Å². The average Bonchev–Trinajstić information content (AvgIpc) is 3.02. The lowest BCUT2D eigenvalue weighted by Gasteiger charge is -2.10. The molecule has 0 aliphatic heterocycles. The highest BCUT2D eigenvalue weighted by atomic mass is 35.5. The molecule has 1 aliphatic carbocycles. The van der Waals surface area contributed by atoms with Gasteiger partial charge in [-0.05, 0) is 30.5 Å². The predicted molar refractivity (Wildman–Crippen MR) is 83.7 cm³/mol. The average molecular weight is 308 g/mol. The van der Waals surface area contributed by atoms with Crippen molar-refractivity contribution in [3.8, 4) is 11.1 Å². The maximum Gasteiger partial charge on any atom is 0.129 e. The SMILES string of the molecule is Cn1nc(CC2CCCC2)c(-c2ccc(F)cc2Cl)c1N. The fourth-order valence-corrected chi connectivity index (χ4v) is 3.47. The van der Waals surface area contributed by atoms with Gasteiger partial charge in [0.05, 0.1) is 10.7 Å². The van der Waals surface area contributed by atoms with Crippen molar-refractivity contribution >= 4 is 17.4 Å². The van der Waals surface area contributed by atoms with Crippen LogP contribution in [0.25, 0.3) is 11.1 Å². The molecule has 1 aliphatic rings. The monoisotopic (exact) mass is 307 g/mol. The lowest BCUT2D eigenvalue weighted by Crippen LogP contribution is -2.01. The summed E-state index contributed by atoms with van der Waals surface area (Å²) in [4.78, 5) is 0. The maximum atomic E-state index is 13.3. The van der Waals surface area contributed by atoms with Crippen LogP contribution < -0.4 is 5.73 Å². The molecule has 1 aromatic heterocycles. The number of benzene rings is 1. The Balaban J connectivity index is 2.03. The first kappa shape index (κ1) is 14.4. The van der Waals surface area contributed by atoms with Gasteiger partial charge < -0.3 is 5.73 Å². The highest BCUT2D eigenvalue weighted by Crippen LogP contribution is 2.37. The summed E-state index contributed by atoms with van der Waals surface area (Å²) in [6.45, 7) is 0. The molecule has 1 heterocycles. The van der Waals surface area contributed by atoms with Gasteiger partial charge in [0, 0.05) is 18.2 Å². The van der Waals surface area contributed by atoms with Gasteiger partial charge in [0.1, 0.15) is 11.6 Å². The Morgan fingerprint density at radius 1 is 1.38 bits per heavy atom. The number of halogens is 2. The molecule has 112 valence electrons. The molecule has 0 saturated heterocycles. The van der Waals surface area contributed by atoms with Crippen molar-refractivity contribution in [2.45, 2.75) is 32.1 Å². The van der Waals surface area contributed by atoms with Crippen LogP contribution >= 0.6 is 11.6 Å². The van der Waals surface area contributed by atoms with Crippen LogP contribution in [-0.2, 0) is 13.5 Å². The van der Waals surface area contributed by atoms with E-state index in [0.717, 1.165) is 23.2 Å². The van der Waals surface area contributed by atoms with Crippen molar-refractivity contribution in [2.24, 2.45) is 13.0 Å². The molecule has 0 bridgehead atoms. The maximum absolute atomic E-state index is 13.3. The summed E-state index contributed by atoms with van der Waals surface area (Å²) in [5, 5.41) is 4.93. The Kier molecular flexibility index (Phi) is 3.89. The first-order valence-electron chi connectivity index (χ1n) is 7.33. The van der Waals surface area contributed by atoms with Gasteiger partial charge in [-0.15, -0.1) is 0 Å². The van der Waals surface area contributed by atoms with Crippen LogP contribution in [0.4, 0.5) is 10.2 Å². The molecule has 0 radical (unpaired) electrons. The molecule has 0 amide bonds. The second kappa shape index (κ2) is 5.68. The van der Waals surface area contributed by atoms with Gasteiger partial charge in [-0.2, -0.15) is 5.10 Å². The van der Waals surface area contributed by atoms with E-state index in [2.05, 4.69) is 5.10 Å². The number of nitrogens with two attached hydrogens (primary N) is 1. The second-order valence-electron chi connectivity index (χ2n) is 5.81. The summed E-state index contributed by atoms with van der Waals surface area (Å²) in [7, 11) is 1.83. The minimum absolute atomic E-state index is 0.344. The smallest absolute Gasteiger partial charge is 0.129 e. The second-order valence-corrected chi connectivity index (χ2v) is 6.22. The molecule has 3 nitrogen and oxygen atoms in total. The van der Waals surface area contributed by atoms with Gasteiger partial charge in [-0.1, -0.05) is 37.3 Å². The number of hydrogen-bond donors (Lipinski definition) is 1. The van der Waals surface area contributed by atoms with Gasteiger partial charge in [-0.3, -0.25) is 4.68 Å². The van der Waals surface area contributed by atoms with Gasteiger partial charge in [0.2, 0.25) is 0 Å². The highest BCUT2D eigenvalue weighted by Gasteiger charge is 2.23. The fraction of sp³-hybridized carbons (Fsp3) is 0.438. The summed E-state index contributed by atoms with van der Waals surface area (Å²) in [6.07, 6.45) is 5.98. The molecule has 0 atom stereocenters. The zero-order chi connectivity index (χ0) is 15.0. The predicted octanol–water partition coefficient (Wildman–Crippen LogP) is 4.19. The molecular weight excluding hydrogens is 289 g/mol. The van der Waals surface area contributed by atoms with Crippen molar-refractivity contribution in [2.75, 3.05) is 5.73 Å². The van der Waals surface area contributed by atoms with Crippen LogP contribution in [0.2, 0.25) is 5.02 Å². The number of nitrogen functional groups attached to an aromatic ring is 1. The molecule has 2 N–H and O–H groups in total. The Bertz CT molecular complexity index is 660. The van der Waals surface area contributed by atoms with Gasteiger partial charge in [-0.25, -0.2) is 4.39 Å². The third-order valence-corrected chi connectivity index (χ3v) is 4.63. The Morgan fingerprint density at radius 3 is 2.76 bits per heavy atom. The van der Waals surface area contributed by atoms with E-state index in [1.807, 2.05) is 7.05 Å². The molecule has 3 rings (SSSR count). The minimum atomic E-state index is -0.344. The van der Waals surface area contributed by atoms with E-state index in [1.54, 1.807) is 10.7 Å². The van der Waals surface area contributed by atoms with Crippen LogP contribution in [0.3, 0.4) is 0 Å². The van der Waals surface area contributed by atoms with Crippen LogP contribution in [-0.4, -0.2) is 9.78 Å². The fourth-order valence-electron chi connectivity index (χ4n) is 3.21. The number of aryl methyl sites for hydroxylation is 1. The molecule has 1 fully saturated rings. The number of nitrogens with zero attached hydrogens (tertiary/aromatic N) is 2. The summed E-state index contributed by atoms with van der Waals surface area (Å²) < 4.78 is 14.9. The van der Waals surface area contributed by atoms with E-state index in [0.29, 0.717) is 16.8 Å². The number of anilines is 1. The molecular formula is C16H19ClFN3. The Hall–Kier alpha value is -1.55. The van der Waals surface area contributed by atoms with E-state index in [-0.39, 0.29) is 5.82 Å². The molecule has 21 heavy (non-hydrogen) atoms.